The Morgan fingerprint density at radius 3 is 2.56 bits per heavy atom. The van der Waals surface area contributed by atoms with Gasteiger partial charge in [0.2, 0.25) is 0 Å². The summed E-state index contributed by atoms with van der Waals surface area (Å²) in [7, 11) is 0. The Morgan fingerprint density at radius 1 is 1.33 bits per heavy atom. The van der Waals surface area contributed by atoms with Gasteiger partial charge in [-0.2, -0.15) is 0 Å². The highest BCUT2D eigenvalue weighted by molar-refractivity contribution is 7.09. The molecule has 0 spiro atoms. The van der Waals surface area contributed by atoms with Gasteiger partial charge in [0.1, 0.15) is 0 Å². The molecule has 1 amide bonds. The van der Waals surface area contributed by atoms with Gasteiger partial charge in [-0.15, -0.1) is 11.3 Å². The highest BCUT2D eigenvalue weighted by Crippen LogP contribution is 2.14. The number of rotatable bonds is 3. The van der Waals surface area contributed by atoms with Gasteiger partial charge in [0.25, 0.3) is 5.91 Å². The van der Waals surface area contributed by atoms with Crippen molar-refractivity contribution in [3.63, 3.8) is 0 Å². The highest BCUT2D eigenvalue weighted by atomic mass is 32.1. The molecule has 5 N–H and O–H groups in total. The number of carbonyl (C=O) groups excluding carboxylic acids is 1. The molecule has 0 bridgehead atoms. The molecule has 0 unspecified atom stereocenters. The topological polar surface area (TPSA) is 94.0 Å². The number of aromatic nitrogens is 1. The van der Waals surface area contributed by atoms with Crippen molar-refractivity contribution in [2.45, 2.75) is 13.5 Å². The normalized spacial score (nSPS) is 10.3. The Bertz CT molecular complexity index is 559. The number of thiazole rings is 1. The van der Waals surface area contributed by atoms with Gasteiger partial charge in [0.05, 0.1) is 17.2 Å². The first-order valence-electron chi connectivity index (χ1n) is 5.40. The number of hydrogen-bond donors (Lipinski definition) is 3. The van der Waals surface area contributed by atoms with Gasteiger partial charge in [-0.3, -0.25) is 4.79 Å². The number of nitrogens with zero attached hydrogens (tertiary/aromatic N) is 1. The zero-order chi connectivity index (χ0) is 13.1. The molecule has 5 nitrogen and oxygen atoms in total. The molecule has 0 atom stereocenters. The Balaban J connectivity index is 2.03. The van der Waals surface area contributed by atoms with Crippen LogP contribution in [0.15, 0.2) is 23.6 Å². The molecule has 94 valence electrons. The fraction of sp³-hybridized carbons (Fsp3) is 0.167. The molecule has 2 rings (SSSR count). The smallest absolute Gasteiger partial charge is 0.251 e. The van der Waals surface area contributed by atoms with E-state index in [0.29, 0.717) is 23.5 Å². The Morgan fingerprint density at radius 2 is 2.00 bits per heavy atom. The number of amides is 1. The molecule has 0 aliphatic carbocycles. The minimum absolute atomic E-state index is 0.209. The lowest BCUT2D eigenvalue weighted by Gasteiger charge is -2.05. The van der Waals surface area contributed by atoms with Gasteiger partial charge in [-0.05, 0) is 25.1 Å². The summed E-state index contributed by atoms with van der Waals surface area (Å²) in [6, 6.07) is 4.80. The SMILES string of the molecule is Cc1nc(CNC(=O)c2cc(N)cc(N)c2)cs1. The van der Waals surface area contributed by atoms with Gasteiger partial charge >= 0.3 is 0 Å². The van der Waals surface area contributed by atoms with Crippen molar-refractivity contribution in [1.29, 1.82) is 0 Å². The number of nitrogens with one attached hydrogen (secondary N) is 1. The largest absolute Gasteiger partial charge is 0.399 e. The van der Waals surface area contributed by atoms with Crippen LogP contribution in [0.1, 0.15) is 21.1 Å². The van der Waals surface area contributed by atoms with E-state index >= 15 is 0 Å². The van der Waals surface area contributed by atoms with Crippen molar-refractivity contribution in [1.82, 2.24) is 10.3 Å². The summed E-state index contributed by atoms with van der Waals surface area (Å²) in [5.41, 5.74) is 13.5. The molecule has 18 heavy (non-hydrogen) atoms. The summed E-state index contributed by atoms with van der Waals surface area (Å²) >= 11 is 1.55. The van der Waals surface area contributed by atoms with Crippen LogP contribution in [0.4, 0.5) is 11.4 Å². The number of carbonyl (C=O) groups is 1. The molecule has 0 fully saturated rings. The monoisotopic (exact) mass is 262 g/mol. The summed E-state index contributed by atoms with van der Waals surface area (Å²) in [5, 5.41) is 5.68. The maximum atomic E-state index is 11.9. The van der Waals surface area contributed by atoms with Gasteiger partial charge < -0.3 is 16.8 Å². The second-order valence-electron chi connectivity index (χ2n) is 3.93. The highest BCUT2D eigenvalue weighted by Gasteiger charge is 2.07. The zero-order valence-electron chi connectivity index (χ0n) is 9.93. The standard InChI is InChI=1S/C12H14N4OS/c1-7-16-11(6-18-7)5-15-12(17)8-2-9(13)4-10(14)3-8/h2-4,6H,5,13-14H2,1H3,(H,15,17). The number of hydrogen-bond acceptors (Lipinski definition) is 5. The first kappa shape index (κ1) is 12.4. The summed E-state index contributed by atoms with van der Waals surface area (Å²) in [4.78, 5) is 16.1. The quantitative estimate of drug-likeness (QED) is 0.731. The van der Waals surface area contributed by atoms with Crippen LogP contribution in [-0.2, 0) is 6.54 Å². The predicted octanol–water partition coefficient (Wildman–Crippen LogP) is 1.55. The number of aryl methyl sites for hydroxylation is 1. The predicted molar refractivity (Wildman–Crippen MR) is 73.3 cm³/mol. The first-order chi connectivity index (χ1) is 8.54. The van der Waals surface area contributed by atoms with Crippen LogP contribution in [0.25, 0.3) is 0 Å². The van der Waals surface area contributed by atoms with E-state index in [1.165, 1.54) is 0 Å². The van der Waals surface area contributed by atoms with Crippen LogP contribution in [-0.4, -0.2) is 10.9 Å². The lowest BCUT2D eigenvalue weighted by Crippen LogP contribution is -2.23. The fourth-order valence-corrected chi connectivity index (χ4v) is 2.18. The molecule has 0 saturated carbocycles. The first-order valence-corrected chi connectivity index (χ1v) is 6.28. The molecule has 0 aliphatic heterocycles. The minimum Gasteiger partial charge on any atom is -0.399 e. The minimum atomic E-state index is -0.209. The maximum Gasteiger partial charge on any atom is 0.251 e. The van der Waals surface area contributed by atoms with Crippen molar-refractivity contribution in [3.8, 4) is 0 Å². The fourth-order valence-electron chi connectivity index (χ4n) is 1.57. The van der Waals surface area contributed by atoms with Crippen LogP contribution < -0.4 is 16.8 Å². The molecule has 1 heterocycles. The van der Waals surface area contributed by atoms with Crippen LogP contribution in [0.2, 0.25) is 0 Å². The number of nitrogens with two attached hydrogens (primary N) is 2. The number of benzene rings is 1. The third-order valence-corrected chi connectivity index (χ3v) is 3.16. The summed E-state index contributed by atoms with van der Waals surface area (Å²) < 4.78 is 0. The Labute approximate surface area is 109 Å². The average molecular weight is 262 g/mol. The van der Waals surface area contributed by atoms with Crippen LogP contribution in [0.3, 0.4) is 0 Å². The lowest BCUT2D eigenvalue weighted by atomic mass is 10.1. The van der Waals surface area contributed by atoms with Crippen LogP contribution >= 0.6 is 11.3 Å². The van der Waals surface area contributed by atoms with Crippen molar-refractivity contribution >= 4 is 28.6 Å². The van der Waals surface area contributed by atoms with Crippen molar-refractivity contribution in [2.75, 3.05) is 11.5 Å². The molecule has 0 radical (unpaired) electrons. The van der Waals surface area contributed by atoms with Gasteiger partial charge in [0.15, 0.2) is 0 Å². The molecule has 0 saturated heterocycles. The summed E-state index contributed by atoms with van der Waals surface area (Å²) in [6.45, 7) is 2.33. The number of anilines is 2. The molecular weight excluding hydrogens is 248 g/mol. The van der Waals surface area contributed by atoms with Gasteiger partial charge in [-0.25, -0.2) is 4.98 Å². The van der Waals surface area contributed by atoms with E-state index in [1.807, 2.05) is 12.3 Å². The van der Waals surface area contributed by atoms with Crippen LogP contribution in [0.5, 0.6) is 0 Å². The zero-order valence-corrected chi connectivity index (χ0v) is 10.8. The van der Waals surface area contributed by atoms with Crippen LogP contribution in [0, 0.1) is 6.92 Å². The van der Waals surface area contributed by atoms with E-state index in [2.05, 4.69) is 10.3 Å². The van der Waals surface area contributed by atoms with E-state index in [0.717, 1.165) is 10.7 Å². The third-order valence-electron chi connectivity index (χ3n) is 2.34. The maximum absolute atomic E-state index is 11.9. The molecule has 1 aromatic heterocycles. The van der Waals surface area contributed by atoms with E-state index in [-0.39, 0.29) is 5.91 Å². The Kier molecular flexibility index (Phi) is 3.47. The molecule has 0 aliphatic rings. The van der Waals surface area contributed by atoms with E-state index in [9.17, 15) is 4.79 Å². The van der Waals surface area contributed by atoms with Gasteiger partial charge in [0, 0.05) is 22.3 Å². The van der Waals surface area contributed by atoms with E-state index < -0.39 is 0 Å². The molecule has 2 aromatic rings. The Hall–Kier alpha value is -2.08. The third kappa shape index (κ3) is 2.98. The molecule has 1 aromatic carbocycles. The van der Waals surface area contributed by atoms with E-state index in [1.54, 1.807) is 29.5 Å². The number of nitrogen functional groups attached to an aromatic ring is 2. The van der Waals surface area contributed by atoms with Gasteiger partial charge in [-0.1, -0.05) is 0 Å². The summed E-state index contributed by atoms with van der Waals surface area (Å²) in [5.74, 6) is -0.209. The van der Waals surface area contributed by atoms with Crippen molar-refractivity contribution < 1.29 is 4.79 Å². The lowest BCUT2D eigenvalue weighted by molar-refractivity contribution is 0.0950. The van der Waals surface area contributed by atoms with Crippen molar-refractivity contribution in [2.24, 2.45) is 0 Å². The molecule has 6 heteroatoms. The van der Waals surface area contributed by atoms with Crippen molar-refractivity contribution in [3.05, 3.63) is 39.8 Å². The second-order valence-corrected chi connectivity index (χ2v) is 4.99. The second kappa shape index (κ2) is 5.05. The van der Waals surface area contributed by atoms with E-state index in [4.69, 9.17) is 11.5 Å². The average Bonchev–Trinajstić information content (AvgIpc) is 2.70. The molecular formula is C12H14N4OS. The summed E-state index contributed by atoms with van der Waals surface area (Å²) in [6.07, 6.45) is 0.